The highest BCUT2D eigenvalue weighted by Gasteiger charge is 2.21. The maximum Gasteiger partial charge on any atom is 0.227 e. The van der Waals surface area contributed by atoms with Crippen molar-refractivity contribution in [3.63, 3.8) is 0 Å². The molecule has 17 heavy (non-hydrogen) atoms. The Kier molecular flexibility index (Phi) is 3.52. The summed E-state index contributed by atoms with van der Waals surface area (Å²) in [4.78, 5) is 13.8. The molecule has 1 aromatic carbocycles. The number of amides is 1. The summed E-state index contributed by atoms with van der Waals surface area (Å²) in [7, 11) is 1.58. The minimum absolute atomic E-state index is 0.159. The summed E-state index contributed by atoms with van der Waals surface area (Å²) >= 11 is 0. The SMILES string of the molecule is COc1c(N)cccc1N1CCCCCC1=O. The maximum absolute atomic E-state index is 12.0. The first-order chi connectivity index (χ1) is 8.24. The molecule has 0 radical (unpaired) electrons. The highest BCUT2D eigenvalue weighted by Crippen LogP contribution is 2.35. The quantitative estimate of drug-likeness (QED) is 0.798. The highest BCUT2D eigenvalue weighted by molar-refractivity contribution is 5.96. The number of methoxy groups -OCH3 is 1. The van der Waals surface area contributed by atoms with Gasteiger partial charge in [-0.15, -0.1) is 0 Å². The molecule has 4 nitrogen and oxygen atoms in total. The van der Waals surface area contributed by atoms with Crippen molar-refractivity contribution >= 4 is 17.3 Å². The maximum atomic E-state index is 12.0. The first kappa shape index (κ1) is 11.8. The van der Waals surface area contributed by atoms with E-state index in [9.17, 15) is 4.79 Å². The Bertz CT molecular complexity index is 418. The van der Waals surface area contributed by atoms with Gasteiger partial charge in [0.2, 0.25) is 5.91 Å². The van der Waals surface area contributed by atoms with Crippen molar-refractivity contribution in [1.82, 2.24) is 0 Å². The van der Waals surface area contributed by atoms with Gasteiger partial charge in [0.1, 0.15) is 0 Å². The molecule has 4 heteroatoms. The normalized spacial score (nSPS) is 16.8. The van der Waals surface area contributed by atoms with E-state index in [4.69, 9.17) is 10.5 Å². The van der Waals surface area contributed by atoms with Crippen LogP contribution in [0.2, 0.25) is 0 Å². The number of ether oxygens (including phenoxy) is 1. The second-order valence-electron chi connectivity index (χ2n) is 4.26. The van der Waals surface area contributed by atoms with Crippen LogP contribution in [0, 0.1) is 0 Å². The molecule has 0 aliphatic carbocycles. The molecule has 1 amide bonds. The van der Waals surface area contributed by atoms with Crippen LogP contribution in [-0.4, -0.2) is 19.6 Å². The smallest absolute Gasteiger partial charge is 0.227 e. The molecule has 1 aliphatic rings. The van der Waals surface area contributed by atoms with Crippen molar-refractivity contribution in [1.29, 1.82) is 0 Å². The summed E-state index contributed by atoms with van der Waals surface area (Å²) in [5, 5.41) is 0. The number of para-hydroxylation sites is 1. The number of carbonyl (C=O) groups excluding carboxylic acids is 1. The fourth-order valence-corrected chi connectivity index (χ4v) is 2.21. The molecule has 1 heterocycles. The van der Waals surface area contributed by atoms with E-state index in [0.717, 1.165) is 31.5 Å². The zero-order valence-corrected chi connectivity index (χ0v) is 10.1. The summed E-state index contributed by atoms with van der Waals surface area (Å²) in [5.74, 6) is 0.758. The Hall–Kier alpha value is -1.71. The second-order valence-corrected chi connectivity index (χ2v) is 4.26. The van der Waals surface area contributed by atoms with Crippen molar-refractivity contribution in [2.45, 2.75) is 25.7 Å². The number of nitrogen functional groups attached to an aromatic ring is 1. The fourth-order valence-electron chi connectivity index (χ4n) is 2.21. The predicted molar refractivity (Wildman–Crippen MR) is 68.2 cm³/mol. The van der Waals surface area contributed by atoms with Crippen LogP contribution in [0.25, 0.3) is 0 Å². The number of carbonyl (C=O) groups is 1. The van der Waals surface area contributed by atoms with Gasteiger partial charge in [-0.3, -0.25) is 4.79 Å². The number of hydrogen-bond donors (Lipinski definition) is 1. The van der Waals surface area contributed by atoms with E-state index in [1.807, 2.05) is 12.1 Å². The number of nitrogens with two attached hydrogens (primary N) is 1. The summed E-state index contributed by atoms with van der Waals surface area (Å²) in [6, 6.07) is 5.52. The minimum atomic E-state index is 0.159. The van der Waals surface area contributed by atoms with E-state index in [-0.39, 0.29) is 5.91 Å². The molecule has 1 aliphatic heterocycles. The van der Waals surface area contributed by atoms with E-state index >= 15 is 0 Å². The lowest BCUT2D eigenvalue weighted by molar-refractivity contribution is -0.118. The van der Waals surface area contributed by atoms with Crippen molar-refractivity contribution in [3.8, 4) is 5.75 Å². The molecule has 2 rings (SSSR count). The number of anilines is 2. The molecule has 1 fully saturated rings. The Morgan fingerprint density at radius 3 is 2.88 bits per heavy atom. The second kappa shape index (κ2) is 5.08. The largest absolute Gasteiger partial charge is 0.492 e. The van der Waals surface area contributed by atoms with Crippen LogP contribution in [-0.2, 0) is 4.79 Å². The standard InChI is InChI=1S/C13H18N2O2/c1-17-13-10(14)6-5-7-11(13)15-9-4-2-3-8-12(15)16/h5-7H,2-4,8-9,14H2,1H3. The van der Waals surface area contributed by atoms with Gasteiger partial charge in [-0.05, 0) is 25.0 Å². The number of rotatable bonds is 2. The number of benzene rings is 1. The summed E-state index contributed by atoms with van der Waals surface area (Å²) < 4.78 is 5.30. The average molecular weight is 234 g/mol. The molecule has 1 aromatic rings. The molecular formula is C13H18N2O2. The fraction of sp³-hybridized carbons (Fsp3) is 0.462. The summed E-state index contributed by atoms with van der Waals surface area (Å²) in [5.41, 5.74) is 7.22. The van der Waals surface area contributed by atoms with Crippen LogP contribution in [0.5, 0.6) is 5.75 Å². The monoisotopic (exact) mass is 234 g/mol. The summed E-state index contributed by atoms with van der Waals surface area (Å²) in [6.07, 6.45) is 3.72. The minimum Gasteiger partial charge on any atom is -0.492 e. The van der Waals surface area contributed by atoms with Gasteiger partial charge in [0.25, 0.3) is 0 Å². The third kappa shape index (κ3) is 2.35. The molecule has 0 bridgehead atoms. The van der Waals surface area contributed by atoms with E-state index in [1.165, 1.54) is 0 Å². The molecule has 0 aromatic heterocycles. The number of hydrogen-bond acceptors (Lipinski definition) is 3. The lowest BCUT2D eigenvalue weighted by Gasteiger charge is -2.23. The molecule has 92 valence electrons. The van der Waals surface area contributed by atoms with Crippen LogP contribution in [0.1, 0.15) is 25.7 Å². The van der Waals surface area contributed by atoms with Crippen LogP contribution in [0.15, 0.2) is 18.2 Å². The zero-order chi connectivity index (χ0) is 12.3. The Morgan fingerprint density at radius 2 is 2.12 bits per heavy atom. The lowest BCUT2D eigenvalue weighted by atomic mass is 10.2. The predicted octanol–water partition coefficient (Wildman–Crippen LogP) is 2.18. The van der Waals surface area contributed by atoms with Crippen LogP contribution in [0.4, 0.5) is 11.4 Å². The molecule has 0 saturated carbocycles. The Morgan fingerprint density at radius 1 is 1.29 bits per heavy atom. The van der Waals surface area contributed by atoms with Gasteiger partial charge in [-0.1, -0.05) is 12.5 Å². The Balaban J connectivity index is 2.37. The molecule has 0 spiro atoms. The lowest BCUT2D eigenvalue weighted by Crippen LogP contribution is -2.30. The van der Waals surface area contributed by atoms with Crippen LogP contribution >= 0.6 is 0 Å². The van der Waals surface area contributed by atoms with Gasteiger partial charge >= 0.3 is 0 Å². The third-order valence-corrected chi connectivity index (χ3v) is 3.09. The Labute approximate surface area is 101 Å². The molecule has 1 saturated heterocycles. The van der Waals surface area contributed by atoms with Gasteiger partial charge in [-0.2, -0.15) is 0 Å². The van der Waals surface area contributed by atoms with Crippen molar-refractivity contribution < 1.29 is 9.53 Å². The molecule has 2 N–H and O–H groups in total. The van der Waals surface area contributed by atoms with Crippen molar-refractivity contribution in [2.24, 2.45) is 0 Å². The zero-order valence-electron chi connectivity index (χ0n) is 10.1. The van der Waals surface area contributed by atoms with Crippen molar-refractivity contribution in [2.75, 3.05) is 24.3 Å². The highest BCUT2D eigenvalue weighted by atomic mass is 16.5. The van der Waals surface area contributed by atoms with Crippen molar-refractivity contribution in [3.05, 3.63) is 18.2 Å². The third-order valence-electron chi connectivity index (χ3n) is 3.09. The van der Waals surface area contributed by atoms with Gasteiger partial charge in [0.15, 0.2) is 5.75 Å². The molecule has 0 atom stereocenters. The molecular weight excluding hydrogens is 216 g/mol. The van der Waals surface area contributed by atoms with E-state index in [0.29, 0.717) is 17.9 Å². The van der Waals surface area contributed by atoms with E-state index < -0.39 is 0 Å². The van der Waals surface area contributed by atoms with Gasteiger partial charge in [-0.25, -0.2) is 0 Å². The topological polar surface area (TPSA) is 55.6 Å². The first-order valence-electron chi connectivity index (χ1n) is 5.97. The van der Waals surface area contributed by atoms with Gasteiger partial charge in [0.05, 0.1) is 18.5 Å². The van der Waals surface area contributed by atoms with E-state index in [2.05, 4.69) is 0 Å². The first-order valence-corrected chi connectivity index (χ1v) is 5.97. The van der Waals surface area contributed by atoms with E-state index in [1.54, 1.807) is 18.1 Å². The van der Waals surface area contributed by atoms with Crippen LogP contribution < -0.4 is 15.4 Å². The average Bonchev–Trinajstić information content (AvgIpc) is 2.53. The summed E-state index contributed by atoms with van der Waals surface area (Å²) in [6.45, 7) is 0.749. The van der Waals surface area contributed by atoms with Gasteiger partial charge < -0.3 is 15.4 Å². The molecule has 0 unspecified atom stereocenters. The van der Waals surface area contributed by atoms with Crippen LogP contribution in [0.3, 0.4) is 0 Å². The number of nitrogens with zero attached hydrogens (tertiary/aromatic N) is 1. The van der Waals surface area contributed by atoms with Gasteiger partial charge in [0, 0.05) is 13.0 Å².